The Morgan fingerprint density at radius 1 is 1.50 bits per heavy atom. The highest BCUT2D eigenvalue weighted by Gasteiger charge is 1.91. The molecule has 10 heavy (non-hydrogen) atoms. The summed E-state index contributed by atoms with van der Waals surface area (Å²) in [5.74, 6) is 0. The molecule has 1 aromatic heterocycles. The van der Waals surface area contributed by atoms with Crippen molar-refractivity contribution in [3.63, 3.8) is 0 Å². The van der Waals surface area contributed by atoms with E-state index in [0.717, 1.165) is 5.56 Å². The van der Waals surface area contributed by atoms with Crippen LogP contribution in [-0.2, 0) is 6.42 Å². The summed E-state index contributed by atoms with van der Waals surface area (Å²) in [5.41, 5.74) is 7.06. The van der Waals surface area contributed by atoms with E-state index < -0.39 is 0 Å². The van der Waals surface area contributed by atoms with Gasteiger partial charge < -0.3 is 10.8 Å². The fourth-order valence-corrected chi connectivity index (χ4v) is 0.774. The van der Waals surface area contributed by atoms with Crippen molar-refractivity contribution in [2.45, 2.75) is 6.42 Å². The molecule has 1 aromatic rings. The standard InChI is InChI=1S/C7H10N2O/c8-7-3-6(1-2-10)4-9-5-7/h3-5,10H,1-2,8H2. The van der Waals surface area contributed by atoms with Crippen LogP contribution in [-0.4, -0.2) is 16.7 Å². The molecule has 1 rings (SSSR count). The van der Waals surface area contributed by atoms with Gasteiger partial charge in [0.1, 0.15) is 0 Å². The van der Waals surface area contributed by atoms with Crippen LogP contribution in [0, 0.1) is 0 Å². The Balaban J connectivity index is 2.75. The molecule has 0 fully saturated rings. The fraction of sp³-hybridized carbons (Fsp3) is 0.286. The summed E-state index contributed by atoms with van der Waals surface area (Å²) in [5, 5.41) is 8.54. The number of nitrogen functional groups attached to an aromatic ring is 1. The van der Waals surface area contributed by atoms with Gasteiger partial charge in [0.05, 0.1) is 5.69 Å². The number of aromatic nitrogens is 1. The lowest BCUT2D eigenvalue weighted by Gasteiger charge is -1.96. The molecule has 0 aliphatic heterocycles. The zero-order valence-corrected chi connectivity index (χ0v) is 5.62. The van der Waals surface area contributed by atoms with Gasteiger partial charge in [0.15, 0.2) is 0 Å². The van der Waals surface area contributed by atoms with Gasteiger partial charge in [0.25, 0.3) is 0 Å². The van der Waals surface area contributed by atoms with Gasteiger partial charge in [-0.2, -0.15) is 0 Å². The number of rotatable bonds is 2. The summed E-state index contributed by atoms with van der Waals surface area (Å²) in [4.78, 5) is 3.87. The number of aliphatic hydroxyl groups excluding tert-OH is 1. The van der Waals surface area contributed by atoms with Gasteiger partial charge >= 0.3 is 0 Å². The number of hydrogen-bond acceptors (Lipinski definition) is 3. The molecule has 0 saturated carbocycles. The average molecular weight is 138 g/mol. The first-order valence-corrected chi connectivity index (χ1v) is 3.13. The molecular weight excluding hydrogens is 128 g/mol. The maximum absolute atomic E-state index is 8.54. The molecular formula is C7H10N2O. The molecule has 3 N–H and O–H groups in total. The van der Waals surface area contributed by atoms with Crippen LogP contribution in [0.1, 0.15) is 5.56 Å². The fourth-order valence-electron chi connectivity index (χ4n) is 0.774. The lowest BCUT2D eigenvalue weighted by atomic mass is 10.2. The lowest BCUT2D eigenvalue weighted by molar-refractivity contribution is 0.299. The first kappa shape index (κ1) is 7.02. The summed E-state index contributed by atoms with van der Waals surface area (Å²) in [7, 11) is 0. The van der Waals surface area contributed by atoms with E-state index in [1.54, 1.807) is 12.4 Å². The van der Waals surface area contributed by atoms with Gasteiger partial charge in [0, 0.05) is 19.0 Å². The summed E-state index contributed by atoms with van der Waals surface area (Å²) in [6.07, 6.45) is 3.91. The van der Waals surface area contributed by atoms with Gasteiger partial charge in [0.2, 0.25) is 0 Å². The van der Waals surface area contributed by atoms with Crippen LogP contribution >= 0.6 is 0 Å². The monoisotopic (exact) mass is 138 g/mol. The number of anilines is 1. The highest BCUT2D eigenvalue weighted by Crippen LogP contribution is 2.03. The molecule has 0 amide bonds. The van der Waals surface area contributed by atoms with Crippen LogP contribution < -0.4 is 5.73 Å². The summed E-state index contributed by atoms with van der Waals surface area (Å²) >= 11 is 0. The Kier molecular flexibility index (Phi) is 2.23. The minimum atomic E-state index is 0.144. The molecule has 0 bridgehead atoms. The predicted molar refractivity (Wildman–Crippen MR) is 39.4 cm³/mol. The number of hydrogen-bond donors (Lipinski definition) is 2. The van der Waals surface area contributed by atoms with Gasteiger partial charge in [-0.1, -0.05) is 0 Å². The predicted octanol–water partition coefficient (Wildman–Crippen LogP) is 0.199. The van der Waals surface area contributed by atoms with Gasteiger partial charge in [-0.3, -0.25) is 4.98 Å². The molecule has 0 saturated heterocycles. The second kappa shape index (κ2) is 3.17. The van der Waals surface area contributed by atoms with Crippen LogP contribution in [0.4, 0.5) is 5.69 Å². The molecule has 0 atom stereocenters. The molecule has 0 aliphatic rings. The van der Waals surface area contributed by atoms with Crippen LogP contribution in [0.5, 0.6) is 0 Å². The number of aliphatic hydroxyl groups is 1. The minimum absolute atomic E-state index is 0.144. The molecule has 0 unspecified atom stereocenters. The molecule has 3 nitrogen and oxygen atoms in total. The van der Waals surface area contributed by atoms with E-state index in [4.69, 9.17) is 10.8 Å². The van der Waals surface area contributed by atoms with Crippen LogP contribution in [0.25, 0.3) is 0 Å². The lowest BCUT2D eigenvalue weighted by Crippen LogP contribution is -1.93. The third-order valence-corrected chi connectivity index (χ3v) is 1.22. The Labute approximate surface area is 59.5 Å². The first-order valence-electron chi connectivity index (χ1n) is 3.13. The topological polar surface area (TPSA) is 59.1 Å². The van der Waals surface area contributed by atoms with Crippen molar-refractivity contribution in [1.82, 2.24) is 4.98 Å². The van der Waals surface area contributed by atoms with Crippen molar-refractivity contribution >= 4 is 5.69 Å². The van der Waals surface area contributed by atoms with Crippen molar-refractivity contribution in [3.05, 3.63) is 24.0 Å². The zero-order valence-electron chi connectivity index (χ0n) is 5.62. The quantitative estimate of drug-likeness (QED) is 0.613. The largest absolute Gasteiger partial charge is 0.397 e. The molecule has 54 valence electrons. The third-order valence-electron chi connectivity index (χ3n) is 1.22. The van der Waals surface area contributed by atoms with Gasteiger partial charge in [-0.05, 0) is 18.1 Å². The SMILES string of the molecule is Nc1cncc(CCO)c1. The van der Waals surface area contributed by atoms with Crippen molar-refractivity contribution in [3.8, 4) is 0 Å². The number of nitrogens with two attached hydrogens (primary N) is 1. The molecule has 3 heteroatoms. The van der Waals surface area contributed by atoms with E-state index in [1.165, 1.54) is 0 Å². The highest BCUT2D eigenvalue weighted by molar-refractivity contribution is 5.36. The Bertz CT molecular complexity index is 213. The van der Waals surface area contributed by atoms with E-state index in [1.807, 2.05) is 6.07 Å². The van der Waals surface area contributed by atoms with Crippen LogP contribution in [0.2, 0.25) is 0 Å². The van der Waals surface area contributed by atoms with E-state index >= 15 is 0 Å². The van der Waals surface area contributed by atoms with Crippen LogP contribution in [0.15, 0.2) is 18.5 Å². The van der Waals surface area contributed by atoms with Crippen molar-refractivity contribution in [1.29, 1.82) is 0 Å². The molecule has 0 aromatic carbocycles. The van der Waals surface area contributed by atoms with E-state index in [-0.39, 0.29) is 6.61 Å². The highest BCUT2D eigenvalue weighted by atomic mass is 16.2. The summed E-state index contributed by atoms with van der Waals surface area (Å²) in [6.45, 7) is 0.144. The third kappa shape index (κ3) is 1.70. The molecule has 1 heterocycles. The smallest absolute Gasteiger partial charge is 0.0503 e. The normalized spacial score (nSPS) is 9.70. The Morgan fingerprint density at radius 2 is 2.30 bits per heavy atom. The average Bonchev–Trinajstić information content (AvgIpc) is 1.88. The molecule has 0 aliphatic carbocycles. The van der Waals surface area contributed by atoms with Gasteiger partial charge in [-0.15, -0.1) is 0 Å². The van der Waals surface area contributed by atoms with E-state index in [0.29, 0.717) is 12.1 Å². The summed E-state index contributed by atoms with van der Waals surface area (Å²) in [6, 6.07) is 1.81. The number of nitrogens with zero attached hydrogens (tertiary/aromatic N) is 1. The Morgan fingerprint density at radius 3 is 2.90 bits per heavy atom. The molecule has 0 spiro atoms. The Hall–Kier alpha value is -1.09. The summed E-state index contributed by atoms with van der Waals surface area (Å²) < 4.78 is 0. The van der Waals surface area contributed by atoms with E-state index in [9.17, 15) is 0 Å². The maximum atomic E-state index is 8.54. The van der Waals surface area contributed by atoms with Crippen molar-refractivity contribution < 1.29 is 5.11 Å². The van der Waals surface area contributed by atoms with Crippen LogP contribution in [0.3, 0.4) is 0 Å². The van der Waals surface area contributed by atoms with Crippen molar-refractivity contribution in [2.24, 2.45) is 0 Å². The first-order chi connectivity index (χ1) is 4.83. The van der Waals surface area contributed by atoms with E-state index in [2.05, 4.69) is 4.98 Å². The minimum Gasteiger partial charge on any atom is -0.397 e. The molecule has 0 radical (unpaired) electrons. The zero-order chi connectivity index (χ0) is 7.40. The van der Waals surface area contributed by atoms with Crippen molar-refractivity contribution in [2.75, 3.05) is 12.3 Å². The second-order valence-corrected chi connectivity index (χ2v) is 2.10. The maximum Gasteiger partial charge on any atom is 0.0503 e. The van der Waals surface area contributed by atoms with Gasteiger partial charge in [-0.25, -0.2) is 0 Å². The number of pyridine rings is 1. The second-order valence-electron chi connectivity index (χ2n) is 2.10.